The molecular weight excluding hydrogens is 290 g/mol. The van der Waals surface area contributed by atoms with Crippen LogP contribution in [0.1, 0.15) is 17.3 Å². The Morgan fingerprint density at radius 2 is 1.90 bits per heavy atom. The molecule has 102 valence electrons. The third-order valence-corrected chi connectivity index (χ3v) is 4.66. The van der Waals surface area contributed by atoms with Crippen molar-refractivity contribution in [1.82, 2.24) is 0 Å². The lowest BCUT2D eigenvalue weighted by molar-refractivity contribution is 0.0986. The summed E-state index contributed by atoms with van der Waals surface area (Å²) in [5.74, 6) is 0.0290. The molecule has 0 spiro atoms. The van der Waals surface area contributed by atoms with E-state index >= 15 is 0 Å². The van der Waals surface area contributed by atoms with Crippen LogP contribution in [0.4, 0.5) is 5.69 Å². The highest BCUT2D eigenvalue weighted by Gasteiger charge is 2.27. The van der Waals surface area contributed by atoms with Crippen molar-refractivity contribution in [3.63, 3.8) is 0 Å². The number of carbonyl (C=O) groups is 1. The lowest BCUT2D eigenvalue weighted by Gasteiger charge is -2.32. The first-order valence-electron chi connectivity index (χ1n) is 6.48. The largest absolute Gasteiger partial charge is 0.306 e. The van der Waals surface area contributed by atoms with E-state index in [1.54, 1.807) is 24.3 Å². The van der Waals surface area contributed by atoms with Crippen LogP contribution in [0.15, 0.2) is 53.4 Å². The minimum Gasteiger partial charge on any atom is -0.306 e. The highest BCUT2D eigenvalue weighted by Crippen LogP contribution is 2.38. The molecule has 0 bridgehead atoms. The molecule has 1 aliphatic rings. The van der Waals surface area contributed by atoms with Gasteiger partial charge in [0.1, 0.15) is 0 Å². The second kappa shape index (κ2) is 5.51. The molecule has 0 saturated heterocycles. The Labute approximate surface area is 127 Å². The van der Waals surface area contributed by atoms with Gasteiger partial charge in [-0.1, -0.05) is 30.7 Å². The molecule has 2 aromatic carbocycles. The molecule has 2 nitrogen and oxygen atoms in total. The molecule has 20 heavy (non-hydrogen) atoms. The number of hydrogen-bond donors (Lipinski definition) is 0. The third-order valence-electron chi connectivity index (χ3n) is 3.26. The van der Waals surface area contributed by atoms with Crippen LogP contribution in [0.5, 0.6) is 0 Å². The van der Waals surface area contributed by atoms with E-state index in [-0.39, 0.29) is 5.91 Å². The summed E-state index contributed by atoms with van der Waals surface area (Å²) in [5, 5.41) is 1.03. The molecule has 1 heterocycles. The van der Waals surface area contributed by atoms with Crippen LogP contribution in [0, 0.1) is 0 Å². The van der Waals surface area contributed by atoms with Crippen LogP contribution in [0.2, 0.25) is 5.02 Å². The van der Waals surface area contributed by atoms with E-state index in [9.17, 15) is 4.79 Å². The van der Waals surface area contributed by atoms with Crippen molar-refractivity contribution in [2.75, 3.05) is 11.4 Å². The number of fused-ring (bicyclic) bond motifs is 1. The molecule has 1 amide bonds. The van der Waals surface area contributed by atoms with Gasteiger partial charge in [-0.05, 0) is 36.4 Å². The van der Waals surface area contributed by atoms with Crippen molar-refractivity contribution in [2.24, 2.45) is 0 Å². The predicted molar refractivity (Wildman–Crippen MR) is 84.9 cm³/mol. The fourth-order valence-electron chi connectivity index (χ4n) is 2.33. The molecule has 1 atom stereocenters. The average Bonchev–Trinajstić information content (AvgIpc) is 2.46. The predicted octanol–water partition coefficient (Wildman–Crippen LogP) is 4.48. The maximum Gasteiger partial charge on any atom is 0.258 e. The van der Waals surface area contributed by atoms with E-state index in [1.807, 2.05) is 34.9 Å². The van der Waals surface area contributed by atoms with Gasteiger partial charge in [-0.25, -0.2) is 0 Å². The number of carbonyl (C=O) groups excluding carboxylic acids is 1. The second-order valence-corrected chi connectivity index (χ2v) is 6.74. The summed E-state index contributed by atoms with van der Waals surface area (Å²) in [7, 11) is 0. The highest BCUT2D eigenvalue weighted by atomic mass is 35.5. The van der Waals surface area contributed by atoms with Gasteiger partial charge in [0, 0.05) is 27.3 Å². The number of thioether (sulfide) groups is 1. The summed E-state index contributed by atoms with van der Waals surface area (Å²) in [6.45, 7) is 2.87. The van der Waals surface area contributed by atoms with E-state index in [1.165, 1.54) is 0 Å². The van der Waals surface area contributed by atoms with Gasteiger partial charge in [0.05, 0.1) is 5.69 Å². The Morgan fingerprint density at radius 1 is 1.20 bits per heavy atom. The van der Waals surface area contributed by atoms with Crippen molar-refractivity contribution in [3.8, 4) is 0 Å². The number of halogens is 1. The molecule has 1 unspecified atom stereocenters. The summed E-state index contributed by atoms with van der Waals surface area (Å²) >= 11 is 7.69. The second-order valence-electron chi connectivity index (χ2n) is 4.82. The number of benzene rings is 2. The van der Waals surface area contributed by atoms with E-state index in [0.29, 0.717) is 15.8 Å². The van der Waals surface area contributed by atoms with Gasteiger partial charge in [0.15, 0.2) is 0 Å². The normalized spacial score (nSPS) is 17.7. The van der Waals surface area contributed by atoms with Crippen LogP contribution in [0.25, 0.3) is 0 Å². The summed E-state index contributed by atoms with van der Waals surface area (Å²) in [5.41, 5.74) is 1.67. The van der Waals surface area contributed by atoms with Crippen LogP contribution in [-0.4, -0.2) is 17.7 Å². The van der Waals surface area contributed by atoms with E-state index in [0.717, 1.165) is 17.1 Å². The SMILES string of the molecule is CC1CN(C(=O)c2ccc(Cl)cc2)c2ccccc2S1. The first kappa shape index (κ1) is 13.5. The zero-order valence-electron chi connectivity index (χ0n) is 11.0. The molecular formula is C16H14ClNOS. The molecule has 0 aliphatic carbocycles. The molecule has 0 saturated carbocycles. The van der Waals surface area contributed by atoms with Crippen molar-refractivity contribution in [1.29, 1.82) is 0 Å². The lowest BCUT2D eigenvalue weighted by atomic mass is 10.1. The molecule has 0 N–H and O–H groups in total. The maximum atomic E-state index is 12.7. The summed E-state index contributed by atoms with van der Waals surface area (Å²) in [4.78, 5) is 15.7. The third kappa shape index (κ3) is 2.56. The number of nitrogens with zero attached hydrogens (tertiary/aromatic N) is 1. The lowest BCUT2D eigenvalue weighted by Crippen LogP contribution is -2.38. The smallest absolute Gasteiger partial charge is 0.258 e. The Balaban J connectivity index is 1.97. The van der Waals surface area contributed by atoms with Crippen LogP contribution >= 0.6 is 23.4 Å². The van der Waals surface area contributed by atoms with Gasteiger partial charge in [0.2, 0.25) is 0 Å². The minimum absolute atomic E-state index is 0.0290. The molecule has 0 radical (unpaired) electrons. The number of amides is 1. The standard InChI is InChI=1S/C16H14ClNOS/c1-11-10-18(14-4-2-3-5-15(14)20-11)16(19)12-6-8-13(17)9-7-12/h2-9,11H,10H2,1H3. The van der Waals surface area contributed by atoms with Gasteiger partial charge in [-0.3, -0.25) is 4.79 Å². The number of para-hydroxylation sites is 1. The minimum atomic E-state index is 0.0290. The first-order chi connectivity index (χ1) is 9.65. The number of hydrogen-bond acceptors (Lipinski definition) is 2. The quantitative estimate of drug-likeness (QED) is 0.774. The highest BCUT2D eigenvalue weighted by molar-refractivity contribution is 8.00. The van der Waals surface area contributed by atoms with Crippen LogP contribution < -0.4 is 4.90 Å². The molecule has 0 aromatic heterocycles. The van der Waals surface area contributed by atoms with Crippen LogP contribution in [-0.2, 0) is 0 Å². The molecule has 0 fully saturated rings. The van der Waals surface area contributed by atoms with Crippen molar-refractivity contribution in [2.45, 2.75) is 17.1 Å². The van der Waals surface area contributed by atoms with Crippen molar-refractivity contribution < 1.29 is 4.79 Å². The zero-order valence-corrected chi connectivity index (χ0v) is 12.6. The zero-order chi connectivity index (χ0) is 14.1. The number of anilines is 1. The monoisotopic (exact) mass is 303 g/mol. The topological polar surface area (TPSA) is 20.3 Å². The van der Waals surface area contributed by atoms with Gasteiger partial charge in [0.25, 0.3) is 5.91 Å². The summed E-state index contributed by atoms with van der Waals surface area (Å²) in [6.07, 6.45) is 0. The molecule has 2 aromatic rings. The van der Waals surface area contributed by atoms with E-state index < -0.39 is 0 Å². The Morgan fingerprint density at radius 3 is 2.65 bits per heavy atom. The molecule has 4 heteroatoms. The molecule has 1 aliphatic heterocycles. The van der Waals surface area contributed by atoms with Crippen LogP contribution in [0.3, 0.4) is 0 Å². The molecule has 3 rings (SSSR count). The Hall–Kier alpha value is -1.45. The van der Waals surface area contributed by atoms with E-state index in [2.05, 4.69) is 13.0 Å². The van der Waals surface area contributed by atoms with Gasteiger partial charge in [-0.2, -0.15) is 0 Å². The summed E-state index contributed by atoms with van der Waals surface area (Å²) < 4.78 is 0. The Kier molecular flexibility index (Phi) is 3.72. The first-order valence-corrected chi connectivity index (χ1v) is 7.74. The van der Waals surface area contributed by atoms with E-state index in [4.69, 9.17) is 11.6 Å². The maximum absolute atomic E-state index is 12.7. The van der Waals surface area contributed by atoms with Gasteiger partial charge < -0.3 is 4.90 Å². The van der Waals surface area contributed by atoms with Gasteiger partial charge >= 0.3 is 0 Å². The Bertz CT molecular complexity index is 641. The fraction of sp³-hybridized carbons (Fsp3) is 0.188. The number of rotatable bonds is 1. The fourth-order valence-corrected chi connectivity index (χ4v) is 3.57. The van der Waals surface area contributed by atoms with Crippen molar-refractivity contribution in [3.05, 3.63) is 59.1 Å². The van der Waals surface area contributed by atoms with Gasteiger partial charge in [-0.15, -0.1) is 11.8 Å². The van der Waals surface area contributed by atoms with Crippen molar-refractivity contribution >= 4 is 35.0 Å². The summed E-state index contributed by atoms with van der Waals surface area (Å²) in [6, 6.07) is 15.1. The average molecular weight is 304 g/mol.